The zero-order valence-electron chi connectivity index (χ0n) is 39.6. The predicted molar refractivity (Wildman–Crippen MR) is 250 cm³/mol. The number of ether oxygens (including phenoxy) is 6. The van der Waals surface area contributed by atoms with E-state index in [9.17, 15) is 44.1 Å². The third kappa shape index (κ3) is 13.9. The second-order valence-electron chi connectivity index (χ2n) is 18.1. The number of aliphatic hydroxyl groups excluding tert-OH is 3. The molecule has 372 valence electrons. The molecule has 3 aromatic carbocycles. The van der Waals surface area contributed by atoms with Crippen molar-refractivity contribution in [1.82, 2.24) is 27.4 Å². The van der Waals surface area contributed by atoms with Crippen LogP contribution in [-0.4, -0.2) is 119 Å². The van der Waals surface area contributed by atoms with Crippen molar-refractivity contribution in [2.45, 2.75) is 117 Å². The first-order valence-electron chi connectivity index (χ1n) is 22.7. The van der Waals surface area contributed by atoms with Crippen LogP contribution in [0.2, 0.25) is 0 Å². The Morgan fingerprint density at radius 3 is 0.826 bits per heavy atom. The van der Waals surface area contributed by atoms with Gasteiger partial charge in [-0.1, -0.05) is 18.2 Å². The molecule has 2 aromatic heterocycles. The Labute approximate surface area is 395 Å². The lowest BCUT2D eigenvalue weighted by molar-refractivity contribution is 0.0813. The molecule has 0 spiro atoms. The maximum absolute atomic E-state index is 13.2. The van der Waals surface area contributed by atoms with E-state index in [4.69, 9.17) is 28.4 Å². The van der Waals surface area contributed by atoms with Gasteiger partial charge in [0, 0.05) is 0 Å². The smallest absolute Gasteiger partial charge is 0.336 e. The van der Waals surface area contributed by atoms with E-state index in [1.165, 1.54) is 0 Å². The lowest BCUT2D eigenvalue weighted by Gasteiger charge is -2.18. The van der Waals surface area contributed by atoms with Crippen LogP contribution in [0, 0.1) is 41.5 Å². The van der Waals surface area contributed by atoms with Crippen LogP contribution >= 0.6 is 0 Å². The Balaban J connectivity index is 0.000000211. The maximum atomic E-state index is 13.2. The van der Waals surface area contributed by atoms with Crippen molar-refractivity contribution in [3.63, 3.8) is 0 Å². The number of rotatable bonds is 21. The minimum Gasteiger partial charge on any atom is -0.491 e. The van der Waals surface area contributed by atoms with Crippen LogP contribution in [0.15, 0.2) is 83.4 Å². The third-order valence-electron chi connectivity index (χ3n) is 11.2. The van der Waals surface area contributed by atoms with E-state index in [0.29, 0.717) is 37.1 Å². The number of hydrogen-bond donors (Lipinski definition) is 3. The summed E-state index contributed by atoms with van der Waals surface area (Å²) in [5.41, 5.74) is 1.15. The number of aryl methyl sites for hydroxylation is 6. The topological polar surface area (TPSA) is 258 Å². The lowest BCUT2D eigenvalue weighted by Crippen LogP contribution is -2.57. The molecule has 21 heteroatoms. The summed E-state index contributed by atoms with van der Waals surface area (Å²) in [6.45, 7) is 11.4. The van der Waals surface area contributed by atoms with Gasteiger partial charge >= 0.3 is 34.1 Å². The van der Waals surface area contributed by atoms with E-state index in [0.717, 1.165) is 60.8 Å². The van der Waals surface area contributed by atoms with Gasteiger partial charge in [-0.25, -0.2) is 56.2 Å². The van der Waals surface area contributed by atoms with Crippen molar-refractivity contribution >= 4 is 0 Å². The standard InChI is InChI=1S/C28H35N3O8.C20H25N3O7/c1-17-5-18(2)8-23(7-17)37-14-21(32)11-29-26(34)30(28(36)31(27(29)35)13-25-16-39-25)12-22(33)15-38-24-9-19(3)6-20(4)10-24;1-12-3-13(2)5-15(4-12)28-9-14(24)6-21-18(25)22(7-16-10-29-16)20(27)23(19(21)26)8-17-11-30-17/h5-10,21-22,25,32-33H,11-16H2,1-4H3;3-5,14,16-17,24H,6-11H2,1-2H3. The average molecular weight is 961 g/mol. The summed E-state index contributed by atoms with van der Waals surface area (Å²) >= 11 is 0. The van der Waals surface area contributed by atoms with E-state index in [1.54, 1.807) is 0 Å². The van der Waals surface area contributed by atoms with Crippen LogP contribution in [0.3, 0.4) is 0 Å². The molecule has 5 heterocycles. The van der Waals surface area contributed by atoms with Gasteiger partial charge in [0.2, 0.25) is 0 Å². The van der Waals surface area contributed by atoms with E-state index in [1.807, 2.05) is 96.1 Å². The predicted octanol–water partition coefficient (Wildman–Crippen LogP) is -0.290. The van der Waals surface area contributed by atoms with E-state index in [-0.39, 0.29) is 64.3 Å². The molecule has 0 aliphatic carbocycles. The first-order valence-corrected chi connectivity index (χ1v) is 22.7. The molecule has 6 unspecified atom stereocenters. The Hall–Kier alpha value is -6.36. The molecule has 3 aliphatic heterocycles. The second-order valence-corrected chi connectivity index (χ2v) is 18.1. The fraction of sp³-hybridized carbons (Fsp3) is 0.500. The molecule has 5 aromatic rings. The molecule has 0 saturated carbocycles. The minimum absolute atomic E-state index is 0.0394. The third-order valence-corrected chi connectivity index (χ3v) is 11.2. The quantitative estimate of drug-likeness (QED) is 0.0799. The molecule has 6 atom stereocenters. The molecule has 3 fully saturated rings. The molecule has 0 radical (unpaired) electrons. The molecule has 3 aliphatic rings. The Bertz CT molecular complexity index is 2800. The van der Waals surface area contributed by atoms with Gasteiger partial charge in [-0.05, 0) is 111 Å². The van der Waals surface area contributed by atoms with Crippen molar-refractivity contribution in [3.8, 4) is 17.2 Å². The average Bonchev–Trinajstić information content (AvgIpc) is 4.13. The van der Waals surface area contributed by atoms with E-state index in [2.05, 4.69) is 0 Å². The van der Waals surface area contributed by atoms with Gasteiger partial charge in [0.15, 0.2) is 0 Å². The normalized spacial score (nSPS) is 18.1. The molecule has 3 N–H and O–H groups in total. The number of hydrogen-bond acceptors (Lipinski definition) is 15. The van der Waals surface area contributed by atoms with Crippen LogP contribution < -0.4 is 48.3 Å². The Morgan fingerprint density at radius 1 is 0.406 bits per heavy atom. The minimum atomic E-state index is -1.22. The van der Waals surface area contributed by atoms with Crippen molar-refractivity contribution in [3.05, 3.63) is 151 Å². The SMILES string of the molecule is Cc1cc(C)cc(OCC(O)Cn2c(=O)n(CC(O)COc3cc(C)cc(C)c3)c(=O)n(CC3CO3)c2=O)c1.Cc1cc(C)cc(OCC(O)Cn2c(=O)n(CC3CO3)c(=O)n(CC3CO3)c2=O)c1. The molecule has 0 bridgehead atoms. The van der Waals surface area contributed by atoms with Crippen molar-refractivity contribution < 1.29 is 43.7 Å². The van der Waals surface area contributed by atoms with E-state index >= 15 is 0 Å². The monoisotopic (exact) mass is 960 g/mol. The fourth-order valence-electron chi connectivity index (χ4n) is 7.85. The summed E-state index contributed by atoms with van der Waals surface area (Å²) in [5.74, 6) is 1.70. The largest absolute Gasteiger partial charge is 0.491 e. The lowest BCUT2D eigenvalue weighted by atomic mass is 10.1. The van der Waals surface area contributed by atoms with Crippen molar-refractivity contribution in [1.29, 1.82) is 0 Å². The summed E-state index contributed by atoms with van der Waals surface area (Å²) in [4.78, 5) is 77.7. The van der Waals surface area contributed by atoms with Gasteiger partial charge in [0.25, 0.3) is 0 Å². The zero-order chi connectivity index (χ0) is 49.7. The highest BCUT2D eigenvalue weighted by atomic mass is 16.6. The number of aromatic nitrogens is 6. The van der Waals surface area contributed by atoms with Crippen LogP contribution in [0.5, 0.6) is 17.2 Å². The molecule has 69 heavy (non-hydrogen) atoms. The summed E-state index contributed by atoms with van der Waals surface area (Å²) < 4.78 is 37.7. The first kappa shape index (κ1) is 50.5. The number of aliphatic hydroxyl groups is 3. The Kier molecular flexibility index (Phi) is 16.1. The summed E-state index contributed by atoms with van der Waals surface area (Å²) in [5, 5.41) is 31.7. The molecule has 21 nitrogen and oxygen atoms in total. The number of benzene rings is 3. The van der Waals surface area contributed by atoms with E-state index < -0.39 is 65.5 Å². The summed E-state index contributed by atoms with van der Waals surface area (Å²) in [6, 6.07) is 16.9. The number of epoxide rings is 3. The van der Waals surface area contributed by atoms with Crippen LogP contribution in [-0.2, 0) is 53.5 Å². The fourth-order valence-corrected chi connectivity index (χ4v) is 7.85. The summed E-state index contributed by atoms with van der Waals surface area (Å²) in [6.07, 6.45) is -4.30. The van der Waals surface area contributed by atoms with Gasteiger partial charge in [-0.2, -0.15) is 0 Å². The van der Waals surface area contributed by atoms with Crippen molar-refractivity contribution in [2.24, 2.45) is 0 Å². The van der Waals surface area contributed by atoms with Crippen molar-refractivity contribution in [2.75, 3.05) is 39.6 Å². The van der Waals surface area contributed by atoms with Gasteiger partial charge in [0.05, 0.1) is 77.4 Å². The highest BCUT2D eigenvalue weighted by molar-refractivity contribution is 5.34. The molecule has 3 saturated heterocycles. The molecular weight excluding hydrogens is 901 g/mol. The van der Waals surface area contributed by atoms with Crippen LogP contribution in [0.25, 0.3) is 0 Å². The Morgan fingerprint density at radius 2 is 0.609 bits per heavy atom. The van der Waals surface area contributed by atoms with Gasteiger partial charge < -0.3 is 43.7 Å². The zero-order valence-corrected chi connectivity index (χ0v) is 39.6. The first-order chi connectivity index (χ1) is 32.8. The van der Waals surface area contributed by atoms with Gasteiger partial charge in [-0.3, -0.25) is 0 Å². The maximum Gasteiger partial charge on any atom is 0.336 e. The van der Waals surface area contributed by atoms with Gasteiger partial charge in [0.1, 0.15) is 55.4 Å². The summed E-state index contributed by atoms with van der Waals surface area (Å²) in [7, 11) is 0. The molecular formula is C48H60N6O15. The highest BCUT2D eigenvalue weighted by Crippen LogP contribution is 2.19. The molecule has 8 rings (SSSR count). The highest BCUT2D eigenvalue weighted by Gasteiger charge is 2.31. The van der Waals surface area contributed by atoms with Crippen LogP contribution in [0.4, 0.5) is 0 Å². The second kappa shape index (κ2) is 21.9. The van der Waals surface area contributed by atoms with Crippen LogP contribution in [0.1, 0.15) is 33.4 Å². The van der Waals surface area contributed by atoms with Gasteiger partial charge in [-0.15, -0.1) is 0 Å². The number of nitrogens with zero attached hydrogens (tertiary/aromatic N) is 6. The molecule has 0 amide bonds.